The Balaban J connectivity index is 0.00000196. The van der Waals surface area contributed by atoms with E-state index in [1.54, 1.807) is 0 Å². The molecule has 0 bridgehead atoms. The fourth-order valence-corrected chi connectivity index (χ4v) is 3.63. The summed E-state index contributed by atoms with van der Waals surface area (Å²) in [5.41, 5.74) is 3.30. The van der Waals surface area contributed by atoms with Gasteiger partial charge in [-0.15, -0.1) is 0 Å². The Morgan fingerprint density at radius 1 is 0.704 bits per heavy atom. The maximum absolute atomic E-state index is 8.97. The number of rotatable bonds is 8. The van der Waals surface area contributed by atoms with Crippen LogP contribution in [0, 0.1) is 0 Å². The van der Waals surface area contributed by atoms with Crippen LogP contribution in [-0.2, 0) is 10.1 Å². The minimum Gasteiger partial charge on any atom is -1.00 e. The van der Waals surface area contributed by atoms with Gasteiger partial charge in [0.15, 0.2) is 0 Å². The van der Waals surface area contributed by atoms with Crippen LogP contribution in [0.15, 0.2) is 91.0 Å². The van der Waals surface area contributed by atoms with E-state index in [1.807, 2.05) is 18.2 Å². The molecular formula is C22H24BNaO3. The van der Waals surface area contributed by atoms with Gasteiger partial charge in [-0.05, 0) is 29.5 Å². The Bertz CT molecular complexity index is 692. The average molecular weight is 370 g/mol. The normalized spacial score (nSPS) is 10.9. The predicted molar refractivity (Wildman–Crippen MR) is 106 cm³/mol. The standard InChI is InChI=1S/C22H23BO3.Na.H/c24-23(25)26-18-10-17-22(19-11-4-1-5-12-19,20-13-6-2-7-14-20)21-15-8-3-9-16-21;;/h1-9,11-16,24-25H,10,17-18H2;;/q;+1;-1. The summed E-state index contributed by atoms with van der Waals surface area (Å²) in [5.74, 6) is 0. The molecule has 3 aromatic rings. The Labute approximate surface area is 185 Å². The molecular weight excluding hydrogens is 346 g/mol. The first-order valence-corrected chi connectivity index (χ1v) is 8.88. The Morgan fingerprint density at radius 2 is 1.07 bits per heavy atom. The molecule has 0 saturated heterocycles. The van der Waals surface area contributed by atoms with Crippen molar-refractivity contribution in [3.8, 4) is 0 Å². The van der Waals surface area contributed by atoms with Crippen molar-refractivity contribution in [3.63, 3.8) is 0 Å². The van der Waals surface area contributed by atoms with Crippen molar-refractivity contribution in [2.75, 3.05) is 6.61 Å². The second-order valence-electron chi connectivity index (χ2n) is 6.30. The van der Waals surface area contributed by atoms with E-state index < -0.39 is 7.32 Å². The van der Waals surface area contributed by atoms with Crippen molar-refractivity contribution in [1.29, 1.82) is 0 Å². The molecule has 0 radical (unpaired) electrons. The molecule has 27 heavy (non-hydrogen) atoms. The van der Waals surface area contributed by atoms with Gasteiger partial charge in [0.2, 0.25) is 0 Å². The van der Waals surface area contributed by atoms with E-state index in [-0.39, 0.29) is 43.0 Å². The number of hydrogen-bond donors (Lipinski definition) is 2. The maximum Gasteiger partial charge on any atom is 1.00 e. The van der Waals surface area contributed by atoms with Crippen LogP contribution in [-0.4, -0.2) is 24.0 Å². The van der Waals surface area contributed by atoms with Crippen LogP contribution in [0.25, 0.3) is 0 Å². The van der Waals surface area contributed by atoms with Crippen LogP contribution < -0.4 is 29.6 Å². The number of hydrogen-bond acceptors (Lipinski definition) is 3. The predicted octanol–water partition coefficient (Wildman–Crippen LogP) is 0.904. The molecule has 134 valence electrons. The minimum absolute atomic E-state index is 0. The van der Waals surface area contributed by atoms with Crippen LogP contribution in [0.5, 0.6) is 0 Å². The zero-order chi connectivity index (χ0) is 18.2. The third kappa shape index (κ3) is 5.32. The van der Waals surface area contributed by atoms with Gasteiger partial charge in [0.1, 0.15) is 0 Å². The average Bonchev–Trinajstić information content (AvgIpc) is 2.70. The minimum atomic E-state index is -1.73. The van der Waals surface area contributed by atoms with Gasteiger partial charge < -0.3 is 16.1 Å². The van der Waals surface area contributed by atoms with E-state index in [0.29, 0.717) is 6.42 Å². The van der Waals surface area contributed by atoms with Crippen molar-refractivity contribution < 1.29 is 45.7 Å². The monoisotopic (exact) mass is 370 g/mol. The summed E-state index contributed by atoms with van der Waals surface area (Å²) in [6.07, 6.45) is 1.48. The first-order chi connectivity index (χ1) is 12.7. The fourth-order valence-electron chi connectivity index (χ4n) is 3.63. The van der Waals surface area contributed by atoms with E-state index in [0.717, 1.165) is 6.42 Å². The van der Waals surface area contributed by atoms with E-state index in [4.69, 9.17) is 14.7 Å². The molecule has 5 heteroatoms. The number of benzene rings is 3. The van der Waals surface area contributed by atoms with Gasteiger partial charge in [0.05, 0.1) is 0 Å². The molecule has 0 atom stereocenters. The third-order valence-electron chi connectivity index (χ3n) is 4.76. The molecule has 0 spiro atoms. The van der Waals surface area contributed by atoms with Crippen LogP contribution in [0.2, 0.25) is 0 Å². The van der Waals surface area contributed by atoms with Crippen LogP contribution >= 0.6 is 0 Å². The molecule has 0 heterocycles. The van der Waals surface area contributed by atoms with Crippen molar-refractivity contribution in [3.05, 3.63) is 108 Å². The van der Waals surface area contributed by atoms with Gasteiger partial charge in [-0.25, -0.2) is 0 Å². The van der Waals surface area contributed by atoms with Gasteiger partial charge >= 0.3 is 36.9 Å². The zero-order valence-electron chi connectivity index (χ0n) is 16.7. The first-order valence-electron chi connectivity index (χ1n) is 8.88. The third-order valence-corrected chi connectivity index (χ3v) is 4.76. The van der Waals surface area contributed by atoms with Crippen molar-refractivity contribution in [2.24, 2.45) is 0 Å². The van der Waals surface area contributed by atoms with Crippen molar-refractivity contribution >= 4 is 7.32 Å². The van der Waals surface area contributed by atoms with Crippen molar-refractivity contribution in [1.82, 2.24) is 0 Å². The summed E-state index contributed by atoms with van der Waals surface area (Å²) in [4.78, 5) is 0. The van der Waals surface area contributed by atoms with Gasteiger partial charge in [-0.2, -0.15) is 0 Å². The van der Waals surface area contributed by atoms with Gasteiger partial charge in [0, 0.05) is 12.0 Å². The molecule has 0 saturated carbocycles. The Hall–Kier alpha value is -1.40. The summed E-state index contributed by atoms with van der Waals surface area (Å²) in [6.45, 7) is 0.284. The second-order valence-corrected chi connectivity index (χ2v) is 6.30. The van der Waals surface area contributed by atoms with Crippen LogP contribution in [0.3, 0.4) is 0 Å². The second kappa shape index (κ2) is 10.8. The zero-order valence-corrected chi connectivity index (χ0v) is 17.7. The molecule has 0 aliphatic heterocycles. The molecule has 0 aromatic heterocycles. The van der Waals surface area contributed by atoms with E-state index >= 15 is 0 Å². The first kappa shape index (κ1) is 21.9. The summed E-state index contributed by atoms with van der Waals surface area (Å²) in [6, 6.07) is 31.4. The molecule has 3 rings (SSSR count). The fraction of sp³-hybridized carbons (Fsp3) is 0.182. The summed E-state index contributed by atoms with van der Waals surface area (Å²) >= 11 is 0. The van der Waals surface area contributed by atoms with Gasteiger partial charge in [-0.3, -0.25) is 0 Å². The molecule has 3 nitrogen and oxygen atoms in total. The topological polar surface area (TPSA) is 49.7 Å². The van der Waals surface area contributed by atoms with Crippen LogP contribution in [0.1, 0.15) is 31.0 Å². The van der Waals surface area contributed by atoms with E-state index in [1.165, 1.54) is 16.7 Å². The smallest absolute Gasteiger partial charge is 1.00 e. The quantitative estimate of drug-likeness (QED) is 0.352. The van der Waals surface area contributed by atoms with Gasteiger partial charge in [-0.1, -0.05) is 91.0 Å². The molecule has 0 fully saturated rings. The SMILES string of the molecule is OB(O)OCCCC(c1ccccc1)(c1ccccc1)c1ccccc1.[H-].[Na+]. The van der Waals surface area contributed by atoms with Gasteiger partial charge in [0.25, 0.3) is 0 Å². The summed E-state index contributed by atoms with van der Waals surface area (Å²) in [7, 11) is -1.73. The molecule has 0 aliphatic carbocycles. The maximum atomic E-state index is 8.97. The molecule has 0 unspecified atom stereocenters. The van der Waals surface area contributed by atoms with Crippen LogP contribution in [0.4, 0.5) is 0 Å². The Kier molecular flexibility index (Phi) is 8.77. The molecule has 0 amide bonds. The summed E-state index contributed by atoms with van der Waals surface area (Å²) < 4.78 is 4.96. The molecule has 2 N–H and O–H groups in total. The van der Waals surface area contributed by atoms with Crippen molar-refractivity contribution in [2.45, 2.75) is 18.3 Å². The molecule has 3 aromatic carbocycles. The summed E-state index contributed by atoms with van der Waals surface area (Å²) in [5, 5.41) is 17.9. The van der Waals surface area contributed by atoms with E-state index in [9.17, 15) is 0 Å². The van der Waals surface area contributed by atoms with E-state index in [2.05, 4.69) is 72.8 Å². The molecule has 0 aliphatic rings. The largest absolute Gasteiger partial charge is 1.00 e. The Morgan fingerprint density at radius 3 is 1.41 bits per heavy atom.